The first-order valence-electron chi connectivity index (χ1n) is 11.5. The number of carbonyl (C=O) groups is 2. The number of amides is 2. The van der Waals surface area contributed by atoms with E-state index in [2.05, 4.69) is 0 Å². The fourth-order valence-corrected chi connectivity index (χ4v) is 7.11. The van der Waals surface area contributed by atoms with Crippen LogP contribution in [0.4, 0.5) is 0 Å². The third-order valence-corrected chi connectivity index (χ3v) is 9.59. The van der Waals surface area contributed by atoms with Gasteiger partial charge in [0, 0.05) is 49.2 Å². The van der Waals surface area contributed by atoms with Crippen LogP contribution >= 0.6 is 11.3 Å². The molecule has 0 saturated carbocycles. The highest BCUT2D eigenvalue weighted by atomic mass is 32.2. The van der Waals surface area contributed by atoms with Crippen molar-refractivity contribution < 1.29 is 18.0 Å². The monoisotopic (exact) mass is 489 g/mol. The standard InChI is InChI=1S/C24H31N3O4S2/c1-17-7-9-20(33(30,31)27-11-5-4-6-18(27)2)16-21(17)23(28)25-12-14-26(15-13-25)24(29)22-10-8-19(3)32-22/h7-10,16,18H,4-6,11-15H2,1-3H3. The summed E-state index contributed by atoms with van der Waals surface area (Å²) in [4.78, 5) is 31.5. The lowest BCUT2D eigenvalue weighted by Gasteiger charge is -2.35. The number of benzene rings is 1. The van der Waals surface area contributed by atoms with Gasteiger partial charge in [0.1, 0.15) is 0 Å². The van der Waals surface area contributed by atoms with E-state index in [1.165, 1.54) is 17.4 Å². The maximum absolute atomic E-state index is 13.3. The Morgan fingerprint density at radius 3 is 2.18 bits per heavy atom. The molecule has 0 bridgehead atoms. The highest BCUT2D eigenvalue weighted by Crippen LogP contribution is 2.27. The van der Waals surface area contributed by atoms with Gasteiger partial charge in [-0.05, 0) is 63.4 Å². The maximum Gasteiger partial charge on any atom is 0.264 e. The molecule has 9 heteroatoms. The van der Waals surface area contributed by atoms with Crippen LogP contribution < -0.4 is 0 Å². The van der Waals surface area contributed by atoms with Crippen molar-refractivity contribution >= 4 is 33.2 Å². The maximum atomic E-state index is 13.3. The molecule has 1 unspecified atom stereocenters. The van der Waals surface area contributed by atoms with Gasteiger partial charge in [-0.1, -0.05) is 12.5 Å². The van der Waals surface area contributed by atoms with Gasteiger partial charge in [-0.2, -0.15) is 4.31 Å². The van der Waals surface area contributed by atoms with Gasteiger partial charge >= 0.3 is 0 Å². The number of thiophene rings is 1. The van der Waals surface area contributed by atoms with Gasteiger partial charge in [0.15, 0.2) is 0 Å². The average molecular weight is 490 g/mol. The second-order valence-corrected chi connectivity index (χ2v) is 12.1. The number of rotatable bonds is 4. The Hall–Kier alpha value is -2.23. The number of aryl methyl sites for hydroxylation is 2. The van der Waals surface area contributed by atoms with E-state index in [-0.39, 0.29) is 22.8 Å². The van der Waals surface area contributed by atoms with Gasteiger partial charge in [0.2, 0.25) is 10.0 Å². The number of sulfonamides is 1. The van der Waals surface area contributed by atoms with Crippen LogP contribution in [0.2, 0.25) is 0 Å². The fraction of sp³-hybridized carbons (Fsp3) is 0.500. The molecule has 2 aliphatic rings. The molecule has 3 heterocycles. The van der Waals surface area contributed by atoms with E-state index in [1.54, 1.807) is 26.2 Å². The highest BCUT2D eigenvalue weighted by Gasteiger charge is 2.32. The van der Waals surface area contributed by atoms with Crippen LogP contribution in [0, 0.1) is 13.8 Å². The van der Waals surface area contributed by atoms with Gasteiger partial charge < -0.3 is 9.80 Å². The minimum absolute atomic E-state index is 0.000113. The Kier molecular flexibility index (Phi) is 6.93. The molecule has 33 heavy (non-hydrogen) atoms. The quantitative estimate of drug-likeness (QED) is 0.658. The van der Waals surface area contributed by atoms with Crippen molar-refractivity contribution in [3.05, 3.63) is 51.2 Å². The highest BCUT2D eigenvalue weighted by molar-refractivity contribution is 7.89. The van der Waals surface area contributed by atoms with Crippen molar-refractivity contribution in [2.75, 3.05) is 32.7 Å². The molecule has 1 atom stereocenters. The molecule has 178 valence electrons. The van der Waals surface area contributed by atoms with Crippen LogP contribution in [-0.2, 0) is 10.0 Å². The molecular weight excluding hydrogens is 458 g/mol. The molecule has 0 radical (unpaired) electrons. The zero-order valence-corrected chi connectivity index (χ0v) is 21.0. The second kappa shape index (κ2) is 9.56. The van der Waals surface area contributed by atoms with Gasteiger partial charge in [-0.25, -0.2) is 8.42 Å². The summed E-state index contributed by atoms with van der Waals surface area (Å²) in [6, 6.07) is 8.59. The largest absolute Gasteiger partial charge is 0.335 e. The topological polar surface area (TPSA) is 78.0 Å². The van der Waals surface area contributed by atoms with E-state index in [0.717, 1.165) is 29.7 Å². The van der Waals surface area contributed by atoms with E-state index in [1.807, 2.05) is 32.9 Å². The number of hydrogen-bond acceptors (Lipinski definition) is 5. The van der Waals surface area contributed by atoms with Crippen molar-refractivity contribution in [1.29, 1.82) is 0 Å². The minimum atomic E-state index is -3.65. The Balaban J connectivity index is 1.48. The lowest BCUT2D eigenvalue weighted by Crippen LogP contribution is -2.50. The SMILES string of the molecule is Cc1ccc(C(=O)N2CCN(C(=O)c3cc(S(=O)(=O)N4CCCCC4C)ccc3C)CC2)s1. The lowest BCUT2D eigenvalue weighted by molar-refractivity contribution is 0.0537. The summed E-state index contributed by atoms with van der Waals surface area (Å²) in [5.41, 5.74) is 1.16. The summed E-state index contributed by atoms with van der Waals surface area (Å²) in [7, 11) is -3.65. The molecule has 2 amide bonds. The third-order valence-electron chi connectivity index (χ3n) is 6.59. The Morgan fingerprint density at radius 2 is 1.58 bits per heavy atom. The van der Waals surface area contributed by atoms with Crippen LogP contribution in [-0.4, -0.2) is 73.1 Å². The Morgan fingerprint density at radius 1 is 0.909 bits per heavy atom. The fourth-order valence-electron chi connectivity index (χ4n) is 4.54. The number of piperidine rings is 1. The van der Waals surface area contributed by atoms with Gasteiger partial charge in [0.05, 0.1) is 9.77 Å². The van der Waals surface area contributed by atoms with Crippen LogP contribution in [0.15, 0.2) is 35.2 Å². The molecular formula is C24H31N3O4S2. The van der Waals surface area contributed by atoms with Crippen molar-refractivity contribution in [3.8, 4) is 0 Å². The first-order chi connectivity index (χ1) is 15.7. The average Bonchev–Trinajstić information content (AvgIpc) is 3.25. The predicted molar refractivity (Wildman–Crippen MR) is 129 cm³/mol. The van der Waals surface area contributed by atoms with Crippen molar-refractivity contribution in [2.24, 2.45) is 0 Å². The molecule has 7 nitrogen and oxygen atoms in total. The number of nitrogens with zero attached hydrogens (tertiary/aromatic N) is 3. The summed E-state index contributed by atoms with van der Waals surface area (Å²) in [6.07, 6.45) is 2.74. The van der Waals surface area contributed by atoms with E-state index in [4.69, 9.17) is 0 Å². The molecule has 2 fully saturated rings. The number of hydrogen-bond donors (Lipinski definition) is 0. The molecule has 2 aliphatic heterocycles. The zero-order valence-electron chi connectivity index (χ0n) is 19.4. The Bertz CT molecular complexity index is 1150. The first kappa shape index (κ1) is 23.9. The lowest BCUT2D eigenvalue weighted by atomic mass is 10.1. The van der Waals surface area contributed by atoms with E-state index in [9.17, 15) is 18.0 Å². The normalized spacial score (nSPS) is 20.2. The molecule has 4 rings (SSSR count). The Labute approximate surface area is 200 Å². The first-order valence-corrected chi connectivity index (χ1v) is 13.7. The van der Waals surface area contributed by atoms with Crippen LogP contribution in [0.1, 0.15) is 56.7 Å². The van der Waals surface area contributed by atoms with Crippen LogP contribution in [0.25, 0.3) is 0 Å². The second-order valence-electron chi connectivity index (χ2n) is 8.93. The molecule has 0 N–H and O–H groups in total. The third kappa shape index (κ3) is 4.85. The summed E-state index contributed by atoms with van der Waals surface area (Å²) >= 11 is 1.48. The van der Waals surface area contributed by atoms with E-state index >= 15 is 0 Å². The smallest absolute Gasteiger partial charge is 0.264 e. The van der Waals surface area contributed by atoms with E-state index < -0.39 is 10.0 Å². The van der Waals surface area contributed by atoms with Crippen molar-refractivity contribution in [3.63, 3.8) is 0 Å². The summed E-state index contributed by atoms with van der Waals surface area (Å²) in [6.45, 7) is 8.03. The summed E-state index contributed by atoms with van der Waals surface area (Å²) in [5, 5.41) is 0. The minimum Gasteiger partial charge on any atom is -0.335 e. The molecule has 0 spiro atoms. The van der Waals surface area contributed by atoms with Crippen LogP contribution in [0.3, 0.4) is 0 Å². The molecule has 2 aromatic rings. The van der Waals surface area contributed by atoms with Gasteiger partial charge in [0.25, 0.3) is 11.8 Å². The summed E-state index contributed by atoms with van der Waals surface area (Å²) < 4.78 is 28.1. The molecule has 1 aromatic carbocycles. The number of piperazine rings is 1. The van der Waals surface area contributed by atoms with Crippen LogP contribution in [0.5, 0.6) is 0 Å². The molecule has 1 aromatic heterocycles. The van der Waals surface area contributed by atoms with Gasteiger partial charge in [-0.15, -0.1) is 11.3 Å². The van der Waals surface area contributed by atoms with Crippen molar-refractivity contribution in [2.45, 2.75) is 51.0 Å². The predicted octanol–water partition coefficient (Wildman–Crippen LogP) is 3.53. The van der Waals surface area contributed by atoms with Crippen molar-refractivity contribution in [1.82, 2.24) is 14.1 Å². The number of carbonyl (C=O) groups excluding carboxylic acids is 2. The van der Waals surface area contributed by atoms with Gasteiger partial charge in [-0.3, -0.25) is 9.59 Å². The van der Waals surface area contributed by atoms with E-state index in [0.29, 0.717) is 43.2 Å². The zero-order chi connectivity index (χ0) is 23.8. The molecule has 2 saturated heterocycles. The molecule has 0 aliphatic carbocycles. The summed E-state index contributed by atoms with van der Waals surface area (Å²) in [5.74, 6) is -0.185.